The minimum absolute atomic E-state index is 0.117. The topological polar surface area (TPSA) is 135 Å². The number of anilines is 3. The van der Waals surface area contributed by atoms with Crippen LogP contribution in [0.3, 0.4) is 0 Å². The first-order chi connectivity index (χ1) is 19.4. The number of rotatable bonds is 8. The summed E-state index contributed by atoms with van der Waals surface area (Å²) in [6.45, 7) is 1.47. The highest BCUT2D eigenvalue weighted by Crippen LogP contribution is 2.40. The van der Waals surface area contributed by atoms with Crippen molar-refractivity contribution in [3.05, 3.63) is 63.9 Å². The summed E-state index contributed by atoms with van der Waals surface area (Å²) in [5, 5.41) is 5.47. The fraction of sp³-hybridized carbons (Fsp3) is 0.379. The maximum atomic E-state index is 13.4. The van der Waals surface area contributed by atoms with E-state index in [-0.39, 0.29) is 23.7 Å². The maximum absolute atomic E-state index is 13.4. The van der Waals surface area contributed by atoms with Gasteiger partial charge in [-0.25, -0.2) is 0 Å². The number of hydrogen-bond donors (Lipinski definition) is 3. The average molecular weight is 548 g/mol. The van der Waals surface area contributed by atoms with Crippen molar-refractivity contribution in [3.8, 4) is 17.2 Å². The zero-order valence-electron chi connectivity index (χ0n) is 22.8. The molecule has 1 atom stereocenters. The van der Waals surface area contributed by atoms with Crippen molar-refractivity contribution in [1.82, 2.24) is 9.97 Å². The Morgan fingerprint density at radius 2 is 1.70 bits per heavy atom. The zero-order valence-corrected chi connectivity index (χ0v) is 22.8. The highest BCUT2D eigenvalue weighted by Gasteiger charge is 2.35. The first-order valence-electron chi connectivity index (χ1n) is 13.2. The van der Waals surface area contributed by atoms with Crippen molar-refractivity contribution >= 4 is 29.3 Å². The molecule has 3 heterocycles. The third kappa shape index (κ3) is 5.58. The number of aromatic nitrogens is 2. The van der Waals surface area contributed by atoms with Crippen LogP contribution in [0, 0.1) is 5.92 Å². The standard InChI is InChI=1S/C29H33N5O6/c1-38-21-14-19(15-22(39-2)25(21)40-3)30-27(36)20-16-23(35)31-26-24(20)28(37)33-29(32-26)34-11-9-18(10-12-34)13-17-7-5-4-6-8-17/h4-8,14-15,18,20H,9-13,16H2,1-3H3,(H,30,36)(H2,31,32,33,35,37)/t20-/m0/s1. The van der Waals surface area contributed by atoms with Crippen LogP contribution in [0.2, 0.25) is 0 Å². The van der Waals surface area contributed by atoms with Crippen molar-refractivity contribution < 1.29 is 23.8 Å². The average Bonchev–Trinajstić information content (AvgIpc) is 2.96. The molecule has 11 heteroatoms. The van der Waals surface area contributed by atoms with Gasteiger partial charge in [-0.3, -0.25) is 19.4 Å². The van der Waals surface area contributed by atoms with Crippen molar-refractivity contribution in [3.63, 3.8) is 0 Å². The molecule has 1 fully saturated rings. The number of nitrogens with zero attached hydrogens (tertiary/aromatic N) is 2. The largest absolute Gasteiger partial charge is 0.493 e. The van der Waals surface area contributed by atoms with Gasteiger partial charge in [0.15, 0.2) is 11.5 Å². The summed E-state index contributed by atoms with van der Waals surface area (Å²) in [4.78, 5) is 48.7. The van der Waals surface area contributed by atoms with Gasteiger partial charge in [0.05, 0.1) is 32.8 Å². The van der Waals surface area contributed by atoms with Gasteiger partial charge in [0.2, 0.25) is 23.5 Å². The Hall–Kier alpha value is -4.54. The summed E-state index contributed by atoms with van der Waals surface area (Å²) in [6.07, 6.45) is 2.75. The van der Waals surface area contributed by atoms with Crippen molar-refractivity contribution in [2.24, 2.45) is 5.92 Å². The summed E-state index contributed by atoms with van der Waals surface area (Å²) in [5.74, 6) is 0.222. The number of nitrogens with one attached hydrogen (secondary N) is 3. The molecule has 3 aromatic rings. The highest BCUT2D eigenvalue weighted by molar-refractivity contribution is 6.04. The van der Waals surface area contributed by atoms with Crippen LogP contribution in [0.25, 0.3) is 0 Å². The van der Waals surface area contributed by atoms with Crippen LogP contribution in [0.4, 0.5) is 17.5 Å². The predicted molar refractivity (Wildman–Crippen MR) is 151 cm³/mol. The SMILES string of the molecule is COc1cc(NC(=O)[C@H]2CC(=O)Nc3nc(N4CCC(Cc5ccccc5)CC4)[nH]c(=O)c32)cc(OC)c1OC. The Labute approximate surface area is 231 Å². The molecular weight excluding hydrogens is 514 g/mol. The van der Waals surface area contributed by atoms with E-state index in [1.54, 1.807) is 12.1 Å². The third-order valence-corrected chi connectivity index (χ3v) is 7.47. The summed E-state index contributed by atoms with van der Waals surface area (Å²) in [5.41, 5.74) is 1.37. The van der Waals surface area contributed by atoms with E-state index in [1.165, 1.54) is 26.9 Å². The van der Waals surface area contributed by atoms with Gasteiger partial charge in [-0.2, -0.15) is 4.98 Å². The number of amides is 2. The molecule has 3 N–H and O–H groups in total. The van der Waals surface area contributed by atoms with E-state index < -0.39 is 17.4 Å². The Kier molecular flexibility index (Phi) is 7.90. The lowest BCUT2D eigenvalue weighted by Gasteiger charge is -2.33. The molecule has 2 amide bonds. The smallest absolute Gasteiger partial charge is 0.258 e. The Bertz CT molecular complexity index is 1420. The lowest BCUT2D eigenvalue weighted by atomic mass is 9.90. The second-order valence-electron chi connectivity index (χ2n) is 9.98. The number of carbonyl (C=O) groups is 2. The molecule has 210 valence electrons. The van der Waals surface area contributed by atoms with E-state index >= 15 is 0 Å². The molecule has 2 aromatic carbocycles. The zero-order chi connectivity index (χ0) is 28.2. The van der Waals surface area contributed by atoms with Crippen LogP contribution in [0.5, 0.6) is 17.2 Å². The molecule has 2 aliphatic rings. The number of ether oxygens (including phenoxy) is 3. The summed E-state index contributed by atoms with van der Waals surface area (Å²) >= 11 is 0. The molecule has 1 aromatic heterocycles. The fourth-order valence-corrected chi connectivity index (χ4v) is 5.41. The molecule has 0 spiro atoms. The first-order valence-corrected chi connectivity index (χ1v) is 13.2. The number of piperidine rings is 1. The normalized spacial score (nSPS) is 17.0. The van der Waals surface area contributed by atoms with E-state index in [9.17, 15) is 14.4 Å². The lowest BCUT2D eigenvalue weighted by molar-refractivity contribution is -0.123. The number of hydrogen-bond acceptors (Lipinski definition) is 8. The van der Waals surface area contributed by atoms with E-state index in [0.717, 1.165) is 32.4 Å². The van der Waals surface area contributed by atoms with Gasteiger partial charge >= 0.3 is 0 Å². The van der Waals surface area contributed by atoms with Gasteiger partial charge in [-0.05, 0) is 30.7 Å². The van der Waals surface area contributed by atoms with Gasteiger partial charge in [0.25, 0.3) is 5.56 Å². The minimum Gasteiger partial charge on any atom is -0.493 e. The van der Waals surface area contributed by atoms with Crippen LogP contribution >= 0.6 is 0 Å². The molecule has 5 rings (SSSR count). The Balaban J connectivity index is 1.33. The molecule has 0 saturated carbocycles. The number of carbonyl (C=O) groups excluding carboxylic acids is 2. The number of aromatic amines is 1. The summed E-state index contributed by atoms with van der Waals surface area (Å²) in [7, 11) is 4.43. The molecule has 2 aliphatic heterocycles. The van der Waals surface area contributed by atoms with Gasteiger partial charge in [0.1, 0.15) is 5.82 Å². The number of fused-ring (bicyclic) bond motifs is 1. The maximum Gasteiger partial charge on any atom is 0.258 e. The molecule has 11 nitrogen and oxygen atoms in total. The summed E-state index contributed by atoms with van der Waals surface area (Å²) < 4.78 is 16.0. The predicted octanol–water partition coefficient (Wildman–Crippen LogP) is 3.32. The molecule has 1 saturated heterocycles. The summed E-state index contributed by atoms with van der Waals surface area (Å²) in [6, 6.07) is 13.6. The van der Waals surface area contributed by atoms with Crippen molar-refractivity contribution in [1.29, 1.82) is 0 Å². The fourth-order valence-electron chi connectivity index (χ4n) is 5.41. The second kappa shape index (κ2) is 11.7. The van der Waals surface area contributed by atoms with E-state index in [0.29, 0.717) is 34.8 Å². The quantitative estimate of drug-likeness (QED) is 0.391. The first kappa shape index (κ1) is 27.0. The van der Waals surface area contributed by atoms with Gasteiger partial charge in [0, 0.05) is 37.3 Å². The number of methoxy groups -OCH3 is 3. The van der Waals surface area contributed by atoms with Crippen LogP contribution < -0.4 is 35.3 Å². The molecular formula is C29H33N5O6. The van der Waals surface area contributed by atoms with Crippen molar-refractivity contribution in [2.45, 2.75) is 31.6 Å². The minimum atomic E-state index is -1.02. The highest BCUT2D eigenvalue weighted by atomic mass is 16.5. The van der Waals surface area contributed by atoms with E-state index in [2.05, 4.69) is 44.9 Å². The molecule has 0 aliphatic carbocycles. The lowest BCUT2D eigenvalue weighted by Crippen LogP contribution is -2.40. The van der Waals surface area contributed by atoms with Crippen LogP contribution in [-0.4, -0.2) is 56.2 Å². The van der Waals surface area contributed by atoms with Gasteiger partial charge in [-0.15, -0.1) is 0 Å². The number of H-pyrrole nitrogens is 1. The van der Waals surface area contributed by atoms with Crippen molar-refractivity contribution in [2.75, 3.05) is 50.0 Å². The monoisotopic (exact) mass is 547 g/mol. The second-order valence-corrected chi connectivity index (χ2v) is 9.98. The van der Waals surface area contributed by atoms with Crippen LogP contribution in [0.15, 0.2) is 47.3 Å². The number of benzene rings is 2. The molecule has 0 unspecified atom stereocenters. The van der Waals surface area contributed by atoms with Crippen LogP contribution in [0.1, 0.15) is 36.3 Å². The molecule has 0 radical (unpaired) electrons. The Morgan fingerprint density at radius 3 is 2.33 bits per heavy atom. The van der Waals surface area contributed by atoms with Crippen LogP contribution in [-0.2, 0) is 16.0 Å². The Morgan fingerprint density at radius 1 is 1.02 bits per heavy atom. The van der Waals surface area contributed by atoms with Gasteiger partial charge in [-0.1, -0.05) is 30.3 Å². The van der Waals surface area contributed by atoms with E-state index in [1.807, 2.05) is 11.0 Å². The molecule has 0 bridgehead atoms. The molecule has 40 heavy (non-hydrogen) atoms. The van der Waals surface area contributed by atoms with Gasteiger partial charge < -0.3 is 29.7 Å². The van der Waals surface area contributed by atoms with E-state index in [4.69, 9.17) is 14.2 Å². The third-order valence-electron chi connectivity index (χ3n) is 7.47.